The van der Waals surface area contributed by atoms with Gasteiger partial charge in [-0.05, 0) is 54.4 Å². The Hall–Kier alpha value is -3.42. The van der Waals surface area contributed by atoms with E-state index < -0.39 is 41.5 Å². The summed E-state index contributed by atoms with van der Waals surface area (Å²) in [4.78, 5) is 53.0. The smallest absolute Gasteiger partial charge is 0.416 e. The first-order chi connectivity index (χ1) is 19.0. The minimum Gasteiger partial charge on any atom is -0.470 e. The highest BCUT2D eigenvalue weighted by atomic mass is 32.1. The molecular formula is C27H35F2N5O6S. The van der Waals surface area contributed by atoms with Crippen molar-refractivity contribution in [3.8, 4) is 16.7 Å². The van der Waals surface area contributed by atoms with Crippen LogP contribution >= 0.6 is 11.3 Å². The fraction of sp³-hybridized carbons (Fsp3) is 0.630. The van der Waals surface area contributed by atoms with Gasteiger partial charge in [-0.2, -0.15) is 4.98 Å². The maximum Gasteiger partial charge on any atom is 0.416 e. The van der Waals surface area contributed by atoms with Crippen molar-refractivity contribution in [3.05, 3.63) is 17.1 Å². The van der Waals surface area contributed by atoms with E-state index in [1.54, 1.807) is 46.9 Å². The number of likely N-dealkylation sites (tertiary alicyclic amines) is 1. The topological polar surface area (TPSA) is 124 Å². The zero-order valence-electron chi connectivity index (χ0n) is 24.0. The molecular weight excluding hydrogens is 560 g/mol. The SMILES string of the molecule is CC(C)(C)OC(=O)N1CC(Oc2cc(N(C(=O)OC(C)(C)C)C3CCC(F)(F)CC3)nc(-c3nc(C=O)cs3)n2)C1. The second kappa shape index (κ2) is 11.5. The molecule has 224 valence electrons. The lowest BCUT2D eigenvalue weighted by atomic mass is 9.91. The minimum absolute atomic E-state index is 0.0434. The summed E-state index contributed by atoms with van der Waals surface area (Å²) in [7, 11) is 0. The number of carbonyl (C=O) groups excluding carboxylic acids is 3. The van der Waals surface area contributed by atoms with Crippen molar-refractivity contribution in [1.82, 2.24) is 19.9 Å². The van der Waals surface area contributed by atoms with E-state index in [0.717, 1.165) is 11.3 Å². The molecule has 2 amide bonds. The Balaban J connectivity index is 1.65. The quantitative estimate of drug-likeness (QED) is 0.385. The average molecular weight is 596 g/mol. The van der Waals surface area contributed by atoms with Crippen LogP contribution in [0.2, 0.25) is 0 Å². The molecule has 1 aliphatic carbocycles. The van der Waals surface area contributed by atoms with E-state index in [1.807, 2.05) is 0 Å². The molecule has 0 N–H and O–H groups in total. The fourth-order valence-corrected chi connectivity index (χ4v) is 5.01. The third-order valence-electron chi connectivity index (χ3n) is 6.20. The Bertz CT molecular complexity index is 1280. The zero-order chi connectivity index (χ0) is 30.2. The maximum atomic E-state index is 14.0. The van der Waals surface area contributed by atoms with Gasteiger partial charge >= 0.3 is 12.2 Å². The van der Waals surface area contributed by atoms with Gasteiger partial charge in [-0.3, -0.25) is 9.69 Å². The molecule has 2 aromatic heterocycles. The van der Waals surface area contributed by atoms with Crippen LogP contribution in [0.3, 0.4) is 0 Å². The van der Waals surface area contributed by atoms with E-state index in [9.17, 15) is 23.2 Å². The lowest BCUT2D eigenvalue weighted by Crippen LogP contribution is -2.57. The number of thiazole rings is 1. The van der Waals surface area contributed by atoms with Gasteiger partial charge in [0.05, 0.1) is 13.1 Å². The van der Waals surface area contributed by atoms with Crippen molar-refractivity contribution in [3.63, 3.8) is 0 Å². The van der Waals surface area contributed by atoms with Gasteiger partial charge < -0.3 is 19.1 Å². The highest BCUT2D eigenvalue weighted by molar-refractivity contribution is 7.13. The standard InChI is InChI=1S/C27H35F2N5O6S/c1-25(2,3)39-23(36)33-12-18(13-33)38-20-11-19(31-21(32-20)22-30-16(14-35)15-41-22)34(24(37)40-26(4,5)6)17-7-9-27(28,29)10-8-17/h11,14-15,17-18H,7-10,12-13H2,1-6H3. The average Bonchev–Trinajstić information content (AvgIpc) is 3.29. The van der Waals surface area contributed by atoms with Gasteiger partial charge in [0.1, 0.15) is 28.8 Å². The Morgan fingerprint density at radius 3 is 2.24 bits per heavy atom. The summed E-state index contributed by atoms with van der Waals surface area (Å²) in [5, 5.41) is 1.85. The number of carbonyl (C=O) groups is 3. The first-order valence-corrected chi connectivity index (χ1v) is 14.2. The zero-order valence-corrected chi connectivity index (χ0v) is 24.8. The molecule has 11 nitrogen and oxygen atoms in total. The molecule has 0 radical (unpaired) electrons. The number of hydrogen-bond acceptors (Lipinski definition) is 10. The largest absolute Gasteiger partial charge is 0.470 e. The number of aromatic nitrogens is 3. The summed E-state index contributed by atoms with van der Waals surface area (Å²) < 4.78 is 45.1. The van der Waals surface area contributed by atoms with E-state index in [4.69, 9.17) is 14.2 Å². The second-order valence-corrected chi connectivity index (χ2v) is 13.0. The normalized spacial score (nSPS) is 17.9. The summed E-state index contributed by atoms with van der Waals surface area (Å²) in [5.41, 5.74) is -1.30. The Morgan fingerprint density at radius 1 is 1.05 bits per heavy atom. The van der Waals surface area contributed by atoms with Crippen LogP contribution in [-0.4, -0.2) is 80.7 Å². The third-order valence-corrected chi connectivity index (χ3v) is 7.06. The highest BCUT2D eigenvalue weighted by Crippen LogP contribution is 2.38. The summed E-state index contributed by atoms with van der Waals surface area (Å²) in [6.45, 7) is 11.0. The summed E-state index contributed by atoms with van der Waals surface area (Å²) in [6.07, 6.45) is -1.69. The molecule has 4 rings (SSSR count). The number of ether oxygens (including phenoxy) is 3. The molecule has 2 aromatic rings. The minimum atomic E-state index is -2.81. The van der Waals surface area contributed by atoms with Crippen molar-refractivity contribution < 1.29 is 37.4 Å². The van der Waals surface area contributed by atoms with Crippen molar-refractivity contribution in [2.24, 2.45) is 0 Å². The van der Waals surface area contributed by atoms with Gasteiger partial charge in [-0.25, -0.2) is 28.3 Å². The van der Waals surface area contributed by atoms with Crippen molar-refractivity contribution in [1.29, 1.82) is 0 Å². The first-order valence-electron chi connectivity index (χ1n) is 13.4. The van der Waals surface area contributed by atoms with Crippen LogP contribution in [0.15, 0.2) is 11.4 Å². The van der Waals surface area contributed by atoms with Crippen molar-refractivity contribution in [2.75, 3.05) is 18.0 Å². The molecule has 3 heterocycles. The van der Waals surface area contributed by atoms with Gasteiger partial charge in [0.2, 0.25) is 11.8 Å². The lowest BCUT2D eigenvalue weighted by Gasteiger charge is -2.39. The van der Waals surface area contributed by atoms with E-state index >= 15 is 0 Å². The molecule has 41 heavy (non-hydrogen) atoms. The number of alkyl halides is 2. The number of halogens is 2. The molecule has 2 fully saturated rings. The van der Waals surface area contributed by atoms with Crippen molar-refractivity contribution >= 4 is 35.6 Å². The van der Waals surface area contributed by atoms with Crippen molar-refractivity contribution in [2.45, 2.75) is 96.5 Å². The fourth-order valence-electron chi connectivity index (χ4n) is 4.32. The number of amides is 2. The molecule has 2 aliphatic rings. The van der Waals surface area contributed by atoms with Crippen LogP contribution in [-0.2, 0) is 9.47 Å². The van der Waals surface area contributed by atoms with Crippen LogP contribution in [0.5, 0.6) is 5.88 Å². The second-order valence-electron chi connectivity index (χ2n) is 12.1. The van der Waals surface area contributed by atoms with Crippen LogP contribution in [0.25, 0.3) is 10.8 Å². The molecule has 1 saturated carbocycles. The van der Waals surface area contributed by atoms with Gasteiger partial charge in [0.25, 0.3) is 0 Å². The highest BCUT2D eigenvalue weighted by Gasteiger charge is 2.41. The Kier molecular flexibility index (Phi) is 8.53. The molecule has 0 aromatic carbocycles. The van der Waals surface area contributed by atoms with Gasteiger partial charge in [-0.1, -0.05) is 0 Å². The van der Waals surface area contributed by atoms with E-state index in [2.05, 4.69) is 15.0 Å². The Labute approximate surface area is 241 Å². The van der Waals surface area contributed by atoms with Crippen LogP contribution in [0, 0.1) is 0 Å². The predicted molar refractivity (Wildman–Crippen MR) is 147 cm³/mol. The lowest BCUT2D eigenvalue weighted by molar-refractivity contribution is -0.0388. The summed E-state index contributed by atoms with van der Waals surface area (Å²) in [5.74, 6) is -2.52. The van der Waals surface area contributed by atoms with E-state index in [0.29, 0.717) is 11.3 Å². The van der Waals surface area contributed by atoms with Gasteiger partial charge in [0, 0.05) is 30.3 Å². The number of aldehydes is 1. The predicted octanol–water partition coefficient (Wildman–Crippen LogP) is 5.73. The molecule has 14 heteroatoms. The van der Waals surface area contributed by atoms with Crippen LogP contribution in [0.1, 0.15) is 77.7 Å². The molecule has 0 spiro atoms. The van der Waals surface area contributed by atoms with E-state index in [-0.39, 0.29) is 62.0 Å². The molecule has 0 unspecified atom stereocenters. The molecule has 0 atom stereocenters. The number of nitrogens with zero attached hydrogens (tertiary/aromatic N) is 5. The maximum absolute atomic E-state index is 14.0. The molecule has 0 bridgehead atoms. The van der Waals surface area contributed by atoms with E-state index in [1.165, 1.54) is 15.9 Å². The van der Waals surface area contributed by atoms with Crippen LogP contribution in [0.4, 0.5) is 24.2 Å². The number of rotatable bonds is 6. The number of hydrogen-bond donors (Lipinski definition) is 0. The monoisotopic (exact) mass is 595 g/mol. The third kappa shape index (κ3) is 8.08. The van der Waals surface area contributed by atoms with Crippen LogP contribution < -0.4 is 9.64 Å². The Morgan fingerprint density at radius 2 is 1.68 bits per heavy atom. The summed E-state index contributed by atoms with van der Waals surface area (Å²) in [6, 6.07) is 0.845. The first kappa shape index (κ1) is 30.5. The molecule has 1 saturated heterocycles. The summed E-state index contributed by atoms with van der Waals surface area (Å²) >= 11 is 1.13. The molecule has 1 aliphatic heterocycles. The van der Waals surface area contributed by atoms with Gasteiger partial charge in [-0.15, -0.1) is 11.3 Å². The van der Waals surface area contributed by atoms with Gasteiger partial charge in [0.15, 0.2) is 17.1 Å². The number of anilines is 1.